The molecule has 4 nitrogen and oxygen atoms in total. The summed E-state index contributed by atoms with van der Waals surface area (Å²) >= 11 is 0. The van der Waals surface area contributed by atoms with Gasteiger partial charge in [0.15, 0.2) is 0 Å². The van der Waals surface area contributed by atoms with Gasteiger partial charge in [-0.2, -0.15) is 0 Å². The fourth-order valence-electron chi connectivity index (χ4n) is 4.87. The van der Waals surface area contributed by atoms with Crippen LogP contribution in [-0.2, 0) is 13.6 Å². The van der Waals surface area contributed by atoms with Gasteiger partial charge in [0.2, 0.25) is 0 Å². The van der Waals surface area contributed by atoms with Crippen molar-refractivity contribution in [2.24, 2.45) is 41.0 Å². The lowest BCUT2D eigenvalue weighted by Gasteiger charge is -2.40. The summed E-state index contributed by atoms with van der Waals surface area (Å²) in [4.78, 5) is 0. The number of hydrogen-bond acceptors (Lipinski definition) is 3. The van der Waals surface area contributed by atoms with Crippen molar-refractivity contribution in [3.8, 4) is 0 Å². The van der Waals surface area contributed by atoms with E-state index < -0.39 is 7.75 Å². The maximum Gasteiger partial charge on any atom is 0.403 e. The second kappa shape index (κ2) is 8.87. The predicted octanol–water partition coefficient (Wildman–Crippen LogP) is 6.01. The van der Waals surface area contributed by atoms with Crippen molar-refractivity contribution in [3.63, 3.8) is 0 Å². The highest BCUT2D eigenvalue weighted by molar-refractivity contribution is 7.51. The van der Waals surface area contributed by atoms with Gasteiger partial charge in [0.05, 0.1) is 12.2 Å². The molecule has 0 aliphatic heterocycles. The second-order valence-electron chi connectivity index (χ2n) is 9.48. The molecule has 25 heavy (non-hydrogen) atoms. The van der Waals surface area contributed by atoms with Gasteiger partial charge in [-0.25, -0.2) is 10.1 Å². The minimum Gasteiger partial charge on any atom is -0.293 e. The third-order valence-electron chi connectivity index (χ3n) is 6.49. The van der Waals surface area contributed by atoms with E-state index in [0.717, 1.165) is 25.7 Å². The molecule has 0 heterocycles. The van der Waals surface area contributed by atoms with Crippen LogP contribution in [0.2, 0.25) is 0 Å². The van der Waals surface area contributed by atoms with Crippen molar-refractivity contribution in [2.75, 3.05) is 0 Å². The maximum atomic E-state index is 13.0. The van der Waals surface area contributed by atoms with Crippen molar-refractivity contribution in [1.29, 1.82) is 0 Å². The molecule has 2 aliphatic carbocycles. The zero-order valence-electron chi connectivity index (χ0n) is 17.1. The van der Waals surface area contributed by atoms with E-state index in [1.165, 1.54) is 12.8 Å². The Morgan fingerprint density at radius 2 is 1.16 bits per heavy atom. The predicted molar refractivity (Wildman–Crippen MR) is 104 cm³/mol. The van der Waals surface area contributed by atoms with Gasteiger partial charge in [0, 0.05) is 0 Å². The highest BCUT2D eigenvalue weighted by Gasteiger charge is 2.40. The first-order chi connectivity index (χ1) is 11.6. The van der Waals surface area contributed by atoms with E-state index in [-0.39, 0.29) is 12.2 Å². The zero-order chi connectivity index (χ0) is 18.8. The summed E-state index contributed by atoms with van der Waals surface area (Å²) in [6, 6.07) is 0. The lowest BCUT2D eigenvalue weighted by atomic mass is 9.75. The molecule has 0 radical (unpaired) electrons. The van der Waals surface area contributed by atoms with Crippen molar-refractivity contribution in [2.45, 2.75) is 92.3 Å². The Hall–Kier alpha value is 0.110. The Balaban J connectivity index is 2.04. The van der Waals surface area contributed by atoms with E-state index in [4.69, 9.17) is 14.6 Å². The quantitative estimate of drug-likeness (QED) is 0.579. The SMILES string of the molecule is CC(C)[C@H]1CC[C@@H](C)C[C@H]1OP(N)(=O)O[C@@H]1C[C@@H](C)CC[C@@H]1C(C)C. The second-order valence-corrected chi connectivity index (χ2v) is 11.0. The monoisotopic (exact) mass is 373 g/mol. The molecule has 2 N–H and O–H groups in total. The largest absolute Gasteiger partial charge is 0.403 e. The van der Waals surface area contributed by atoms with Crippen LogP contribution in [0.1, 0.15) is 80.1 Å². The minimum absolute atomic E-state index is 0.0434. The lowest BCUT2D eigenvalue weighted by Crippen LogP contribution is -2.37. The summed E-state index contributed by atoms with van der Waals surface area (Å²) in [7, 11) is -3.54. The average Bonchev–Trinajstić information content (AvgIpc) is 2.45. The van der Waals surface area contributed by atoms with Crippen molar-refractivity contribution < 1.29 is 13.6 Å². The summed E-state index contributed by atoms with van der Waals surface area (Å²) in [5.74, 6) is 3.05. The summed E-state index contributed by atoms with van der Waals surface area (Å²) < 4.78 is 25.0. The Morgan fingerprint density at radius 1 is 0.800 bits per heavy atom. The van der Waals surface area contributed by atoms with Crippen LogP contribution in [0.3, 0.4) is 0 Å². The fraction of sp³-hybridized carbons (Fsp3) is 1.00. The molecule has 2 aliphatic rings. The Kier molecular flexibility index (Phi) is 7.59. The smallest absolute Gasteiger partial charge is 0.293 e. The van der Waals surface area contributed by atoms with Crippen LogP contribution in [0.15, 0.2) is 0 Å². The summed E-state index contributed by atoms with van der Waals surface area (Å²) in [5.41, 5.74) is 6.11. The van der Waals surface area contributed by atoms with Gasteiger partial charge in [-0.3, -0.25) is 9.05 Å². The first-order valence-corrected chi connectivity index (χ1v) is 12.0. The summed E-state index contributed by atoms with van der Waals surface area (Å²) in [6.45, 7) is 13.4. The van der Waals surface area contributed by atoms with Crippen molar-refractivity contribution in [3.05, 3.63) is 0 Å². The molecular weight excluding hydrogens is 333 g/mol. The number of hydrogen-bond donors (Lipinski definition) is 1. The van der Waals surface area contributed by atoms with Gasteiger partial charge in [0.1, 0.15) is 0 Å². The summed E-state index contributed by atoms with van der Waals surface area (Å²) in [6.07, 6.45) is 6.46. The van der Waals surface area contributed by atoms with E-state index in [0.29, 0.717) is 35.5 Å². The number of rotatable bonds is 6. The summed E-state index contributed by atoms with van der Waals surface area (Å²) in [5, 5.41) is 0. The van der Waals surface area contributed by atoms with Gasteiger partial charge < -0.3 is 0 Å². The molecule has 2 rings (SSSR count). The first-order valence-electron chi connectivity index (χ1n) is 10.3. The highest BCUT2D eigenvalue weighted by atomic mass is 31.2. The zero-order valence-corrected chi connectivity index (χ0v) is 18.0. The average molecular weight is 374 g/mol. The Morgan fingerprint density at radius 3 is 1.48 bits per heavy atom. The highest BCUT2D eigenvalue weighted by Crippen LogP contribution is 2.51. The van der Waals surface area contributed by atoms with E-state index in [9.17, 15) is 4.57 Å². The van der Waals surface area contributed by atoms with Crippen LogP contribution in [-0.4, -0.2) is 12.2 Å². The van der Waals surface area contributed by atoms with E-state index in [1.807, 2.05) is 0 Å². The lowest BCUT2D eigenvalue weighted by molar-refractivity contribution is -0.00346. The minimum atomic E-state index is -3.54. The van der Waals surface area contributed by atoms with Crippen molar-refractivity contribution in [1.82, 2.24) is 0 Å². The Labute approximate surface area is 155 Å². The molecule has 0 amide bonds. The van der Waals surface area contributed by atoms with E-state index in [2.05, 4.69) is 41.5 Å². The van der Waals surface area contributed by atoms with Gasteiger partial charge in [-0.1, -0.05) is 54.4 Å². The van der Waals surface area contributed by atoms with Crippen LogP contribution in [0, 0.1) is 35.5 Å². The molecule has 0 saturated heterocycles. The standard InChI is InChI=1S/C20H40NO3P/c1-13(2)17-9-7-15(5)11-19(17)23-25(21,22)24-20-12-16(6)8-10-18(20)14(3)4/h13-20H,7-12H2,1-6H3,(H2,21,22)/t15-,16+,17-,18-,19-,20-,25?/m1/s1. The van der Waals surface area contributed by atoms with Gasteiger partial charge in [-0.05, 0) is 61.2 Å². The third-order valence-corrected chi connectivity index (χ3v) is 7.62. The molecule has 0 bridgehead atoms. The maximum absolute atomic E-state index is 13.0. The van der Waals surface area contributed by atoms with Crippen LogP contribution in [0.4, 0.5) is 0 Å². The molecule has 1 unspecified atom stereocenters. The molecule has 7 atom stereocenters. The number of nitrogens with two attached hydrogens (primary N) is 1. The van der Waals surface area contributed by atoms with Crippen molar-refractivity contribution >= 4 is 7.75 Å². The van der Waals surface area contributed by atoms with Crippen LogP contribution in [0.5, 0.6) is 0 Å². The van der Waals surface area contributed by atoms with E-state index in [1.54, 1.807) is 0 Å². The molecule has 5 heteroatoms. The molecule has 148 valence electrons. The van der Waals surface area contributed by atoms with Gasteiger partial charge in [-0.15, -0.1) is 0 Å². The van der Waals surface area contributed by atoms with Crippen LogP contribution in [0.25, 0.3) is 0 Å². The van der Waals surface area contributed by atoms with Gasteiger partial charge >= 0.3 is 7.75 Å². The first kappa shape index (κ1) is 21.4. The van der Waals surface area contributed by atoms with Crippen LogP contribution >= 0.6 is 7.75 Å². The topological polar surface area (TPSA) is 61.5 Å². The molecule has 0 spiro atoms. The fourth-order valence-corrected chi connectivity index (χ4v) is 6.16. The Bertz CT molecular complexity index is 430. The molecule has 0 aromatic carbocycles. The molecule has 0 aromatic heterocycles. The molecule has 2 saturated carbocycles. The molecule has 0 aromatic rings. The molecule has 2 fully saturated rings. The molecular formula is C20H40NO3P. The van der Waals surface area contributed by atoms with Crippen LogP contribution < -0.4 is 5.50 Å². The van der Waals surface area contributed by atoms with E-state index >= 15 is 0 Å². The van der Waals surface area contributed by atoms with Gasteiger partial charge in [0.25, 0.3) is 0 Å². The third kappa shape index (κ3) is 6.06. The normalized spacial score (nSPS) is 39.6.